The molecule has 1 aliphatic rings. The van der Waals surface area contributed by atoms with Crippen LogP contribution in [0.4, 0.5) is 0 Å². The Morgan fingerprint density at radius 3 is 2.50 bits per heavy atom. The maximum atomic E-state index is 13.4. The summed E-state index contributed by atoms with van der Waals surface area (Å²) in [5.74, 6) is -0.173. The van der Waals surface area contributed by atoms with Gasteiger partial charge in [-0.1, -0.05) is 76.2 Å². The molecule has 1 heterocycles. The number of likely N-dealkylation sites (N-methyl/N-ethyl adjacent to an activating group) is 1. The zero-order valence-electron chi connectivity index (χ0n) is 21.8. The molecule has 2 aromatic carbocycles. The molecule has 6 nitrogen and oxygen atoms in total. The Labute approximate surface area is 214 Å². The summed E-state index contributed by atoms with van der Waals surface area (Å²) in [5.41, 5.74) is 1.71. The molecule has 0 spiro atoms. The minimum absolute atomic E-state index is 0.103. The molecule has 0 bridgehead atoms. The Hall–Kier alpha value is -3.38. The van der Waals surface area contributed by atoms with E-state index in [-0.39, 0.29) is 11.4 Å². The number of nitrogens with zero attached hydrogens (tertiary/aromatic N) is 2. The SMILES string of the molecule is CCN(CC)CCN1C(=O)C(O)=C(C(=O)/C=C/c2ccccc2)C1c1cccc(OCCC(C)C)c1. The fourth-order valence-electron chi connectivity index (χ4n) is 4.28. The number of ketones is 1. The molecule has 0 aromatic heterocycles. The molecule has 1 atom stereocenters. The van der Waals surface area contributed by atoms with Crippen molar-refractivity contribution in [2.45, 2.75) is 40.2 Å². The van der Waals surface area contributed by atoms with Crippen molar-refractivity contribution in [2.24, 2.45) is 5.92 Å². The Kier molecular flexibility index (Phi) is 9.88. The molecule has 1 unspecified atom stereocenters. The largest absolute Gasteiger partial charge is 0.503 e. The van der Waals surface area contributed by atoms with Crippen LogP contribution in [0.25, 0.3) is 6.08 Å². The van der Waals surface area contributed by atoms with Crippen molar-refractivity contribution in [3.63, 3.8) is 0 Å². The number of benzene rings is 2. The van der Waals surface area contributed by atoms with Gasteiger partial charge in [0.2, 0.25) is 0 Å². The molecule has 1 N–H and O–H groups in total. The quantitative estimate of drug-likeness (QED) is 0.379. The van der Waals surface area contributed by atoms with Gasteiger partial charge in [0.05, 0.1) is 18.2 Å². The predicted octanol–water partition coefficient (Wildman–Crippen LogP) is 5.43. The van der Waals surface area contributed by atoms with Crippen LogP contribution < -0.4 is 4.74 Å². The van der Waals surface area contributed by atoms with Crippen molar-refractivity contribution in [2.75, 3.05) is 32.8 Å². The van der Waals surface area contributed by atoms with Gasteiger partial charge in [0, 0.05) is 13.1 Å². The Morgan fingerprint density at radius 1 is 1.11 bits per heavy atom. The lowest BCUT2D eigenvalue weighted by Gasteiger charge is -2.29. The summed E-state index contributed by atoms with van der Waals surface area (Å²) in [4.78, 5) is 30.4. The summed E-state index contributed by atoms with van der Waals surface area (Å²) in [6.45, 7) is 11.8. The smallest absolute Gasteiger partial charge is 0.290 e. The highest BCUT2D eigenvalue weighted by Gasteiger charge is 2.42. The molecule has 3 rings (SSSR count). The van der Waals surface area contributed by atoms with Crippen LogP contribution in [0, 0.1) is 5.92 Å². The number of ether oxygens (including phenoxy) is 1. The lowest BCUT2D eigenvalue weighted by Crippen LogP contribution is -2.38. The molecule has 0 saturated heterocycles. The van der Waals surface area contributed by atoms with Gasteiger partial charge in [0.15, 0.2) is 11.5 Å². The monoisotopic (exact) mass is 490 g/mol. The van der Waals surface area contributed by atoms with E-state index in [1.807, 2.05) is 54.6 Å². The van der Waals surface area contributed by atoms with Crippen molar-refractivity contribution >= 4 is 17.8 Å². The summed E-state index contributed by atoms with van der Waals surface area (Å²) in [6.07, 6.45) is 4.06. The van der Waals surface area contributed by atoms with Crippen LogP contribution in [0.1, 0.15) is 51.3 Å². The molecular formula is C30H38N2O4. The third-order valence-electron chi connectivity index (χ3n) is 6.49. The molecule has 0 radical (unpaired) electrons. The van der Waals surface area contributed by atoms with Crippen molar-refractivity contribution in [3.05, 3.63) is 83.1 Å². The van der Waals surface area contributed by atoms with E-state index in [0.717, 1.165) is 30.6 Å². The molecule has 0 saturated carbocycles. The summed E-state index contributed by atoms with van der Waals surface area (Å²) in [5, 5.41) is 10.9. The van der Waals surface area contributed by atoms with Crippen LogP contribution in [0.2, 0.25) is 0 Å². The predicted molar refractivity (Wildman–Crippen MR) is 144 cm³/mol. The minimum Gasteiger partial charge on any atom is -0.503 e. The highest BCUT2D eigenvalue weighted by molar-refractivity contribution is 6.14. The van der Waals surface area contributed by atoms with Crippen molar-refractivity contribution < 1.29 is 19.4 Å². The topological polar surface area (TPSA) is 70.1 Å². The van der Waals surface area contributed by atoms with Crippen LogP contribution in [-0.2, 0) is 9.59 Å². The molecule has 2 aromatic rings. The minimum atomic E-state index is -0.686. The van der Waals surface area contributed by atoms with E-state index < -0.39 is 17.7 Å². The first-order chi connectivity index (χ1) is 17.3. The zero-order chi connectivity index (χ0) is 26.1. The molecule has 192 valence electrons. The zero-order valence-corrected chi connectivity index (χ0v) is 21.8. The van der Waals surface area contributed by atoms with Gasteiger partial charge in [0.1, 0.15) is 5.75 Å². The fraction of sp³-hybridized carbons (Fsp3) is 0.400. The number of aliphatic hydroxyl groups is 1. The van der Waals surface area contributed by atoms with Gasteiger partial charge < -0.3 is 19.6 Å². The van der Waals surface area contributed by atoms with Crippen molar-refractivity contribution in [1.29, 1.82) is 0 Å². The summed E-state index contributed by atoms with van der Waals surface area (Å²) < 4.78 is 5.95. The number of carbonyl (C=O) groups is 2. The Balaban J connectivity index is 1.94. The lowest BCUT2D eigenvalue weighted by molar-refractivity contribution is -0.129. The number of amides is 1. The second kappa shape index (κ2) is 13.1. The van der Waals surface area contributed by atoms with Gasteiger partial charge in [-0.25, -0.2) is 0 Å². The third kappa shape index (κ3) is 6.85. The van der Waals surface area contributed by atoms with E-state index in [1.54, 1.807) is 11.0 Å². The van der Waals surface area contributed by atoms with Crippen LogP contribution in [0.15, 0.2) is 72.0 Å². The second-order valence-corrected chi connectivity index (χ2v) is 9.40. The molecule has 1 aliphatic heterocycles. The molecule has 36 heavy (non-hydrogen) atoms. The number of rotatable bonds is 13. The highest BCUT2D eigenvalue weighted by atomic mass is 16.5. The maximum absolute atomic E-state index is 13.4. The number of hydrogen-bond donors (Lipinski definition) is 1. The van der Waals surface area contributed by atoms with Crippen molar-refractivity contribution in [1.82, 2.24) is 9.80 Å². The summed E-state index contributed by atoms with van der Waals surface area (Å²) in [7, 11) is 0. The molecule has 6 heteroatoms. The van der Waals surface area contributed by atoms with E-state index in [2.05, 4.69) is 32.6 Å². The summed E-state index contributed by atoms with van der Waals surface area (Å²) >= 11 is 0. The van der Waals surface area contributed by atoms with E-state index in [9.17, 15) is 14.7 Å². The lowest BCUT2D eigenvalue weighted by atomic mass is 9.95. The number of allylic oxidation sites excluding steroid dienone is 1. The van der Waals surface area contributed by atoms with E-state index in [0.29, 0.717) is 31.4 Å². The average Bonchev–Trinajstić information content (AvgIpc) is 3.13. The van der Waals surface area contributed by atoms with Crippen LogP contribution in [-0.4, -0.2) is 59.4 Å². The Morgan fingerprint density at radius 2 is 1.83 bits per heavy atom. The average molecular weight is 491 g/mol. The van der Waals surface area contributed by atoms with Crippen LogP contribution in [0.3, 0.4) is 0 Å². The molecule has 0 aliphatic carbocycles. The summed E-state index contributed by atoms with van der Waals surface area (Å²) in [6, 6.07) is 16.3. The van der Waals surface area contributed by atoms with Gasteiger partial charge in [-0.05, 0) is 54.8 Å². The Bertz CT molecular complexity index is 1090. The second-order valence-electron chi connectivity index (χ2n) is 9.40. The van der Waals surface area contributed by atoms with Crippen LogP contribution >= 0.6 is 0 Å². The highest BCUT2D eigenvalue weighted by Crippen LogP contribution is 2.39. The van der Waals surface area contributed by atoms with Gasteiger partial charge >= 0.3 is 0 Å². The standard InChI is InChI=1S/C30H38N2O4/c1-5-31(6-2)18-19-32-28(24-13-10-14-25(21-24)36-20-17-22(3)4)27(29(34)30(32)35)26(33)16-15-23-11-8-7-9-12-23/h7-16,21-22,28,34H,5-6,17-20H2,1-4H3/b16-15+. The van der Waals surface area contributed by atoms with Gasteiger partial charge in [-0.15, -0.1) is 0 Å². The fourth-order valence-corrected chi connectivity index (χ4v) is 4.28. The first-order valence-electron chi connectivity index (χ1n) is 12.8. The van der Waals surface area contributed by atoms with E-state index >= 15 is 0 Å². The molecular weight excluding hydrogens is 452 g/mol. The van der Waals surface area contributed by atoms with E-state index in [1.165, 1.54) is 6.08 Å². The number of carbonyl (C=O) groups excluding carboxylic acids is 2. The number of aliphatic hydroxyl groups excluding tert-OH is 1. The van der Waals surface area contributed by atoms with E-state index in [4.69, 9.17) is 4.74 Å². The maximum Gasteiger partial charge on any atom is 0.290 e. The van der Waals surface area contributed by atoms with Gasteiger partial charge in [-0.2, -0.15) is 0 Å². The normalized spacial score (nSPS) is 16.1. The van der Waals surface area contributed by atoms with Gasteiger partial charge in [-0.3, -0.25) is 9.59 Å². The third-order valence-corrected chi connectivity index (χ3v) is 6.49. The first-order valence-corrected chi connectivity index (χ1v) is 12.8. The van der Waals surface area contributed by atoms with Crippen molar-refractivity contribution in [3.8, 4) is 5.75 Å². The molecule has 0 fully saturated rings. The van der Waals surface area contributed by atoms with Crippen LogP contribution in [0.5, 0.6) is 5.75 Å². The first kappa shape index (κ1) is 27.2. The van der Waals surface area contributed by atoms with Gasteiger partial charge in [0.25, 0.3) is 5.91 Å². The molecule has 1 amide bonds. The number of hydrogen-bond acceptors (Lipinski definition) is 5.